The normalized spacial score (nSPS) is 24.5. The minimum Gasteiger partial charge on any atom is -0.384 e. The summed E-state index contributed by atoms with van der Waals surface area (Å²) in [4.78, 5) is 0. The van der Waals surface area contributed by atoms with E-state index < -0.39 is 0 Å². The summed E-state index contributed by atoms with van der Waals surface area (Å²) in [5.41, 5.74) is 0.188. The maximum atomic E-state index is 5.80. The van der Waals surface area contributed by atoms with E-state index in [1.807, 2.05) is 14.2 Å². The van der Waals surface area contributed by atoms with Gasteiger partial charge in [-0.3, -0.25) is 0 Å². The first-order chi connectivity index (χ1) is 11.2. The molecule has 0 aromatic rings. The van der Waals surface area contributed by atoms with Crippen LogP contribution in [0.1, 0.15) is 78.1 Å². The third-order valence-electron chi connectivity index (χ3n) is 7.35. The first-order valence-electron chi connectivity index (χ1n) is 10.1. The van der Waals surface area contributed by atoms with Gasteiger partial charge in [0.05, 0.1) is 13.2 Å². The monoisotopic (exact) mass is 324 g/mol. The second-order valence-electron chi connectivity index (χ2n) is 8.47. The van der Waals surface area contributed by atoms with Crippen molar-refractivity contribution in [3.63, 3.8) is 0 Å². The molecule has 0 aromatic heterocycles. The first-order valence-corrected chi connectivity index (χ1v) is 10.1. The van der Waals surface area contributed by atoms with Crippen LogP contribution in [-0.2, 0) is 9.47 Å². The van der Waals surface area contributed by atoms with Crippen molar-refractivity contribution in [3.05, 3.63) is 0 Å². The zero-order valence-corrected chi connectivity index (χ0v) is 16.1. The molecule has 0 aliphatic heterocycles. The Bertz CT molecular complexity index is 284. The van der Waals surface area contributed by atoms with E-state index in [1.165, 1.54) is 64.2 Å². The van der Waals surface area contributed by atoms with Crippen LogP contribution in [0.5, 0.6) is 0 Å². The van der Waals surface area contributed by atoms with Crippen LogP contribution in [0.4, 0.5) is 0 Å². The quantitative estimate of drug-likeness (QED) is 0.570. The van der Waals surface area contributed by atoms with Gasteiger partial charge in [0.2, 0.25) is 0 Å². The molecule has 2 saturated carbocycles. The summed E-state index contributed by atoms with van der Waals surface area (Å²) in [6.45, 7) is 6.73. The predicted molar refractivity (Wildman–Crippen MR) is 97.7 cm³/mol. The van der Waals surface area contributed by atoms with E-state index in [2.05, 4.69) is 13.8 Å². The van der Waals surface area contributed by atoms with Crippen molar-refractivity contribution in [2.45, 2.75) is 78.1 Å². The van der Waals surface area contributed by atoms with Crippen LogP contribution in [0.2, 0.25) is 0 Å². The highest BCUT2D eigenvalue weighted by Crippen LogP contribution is 2.49. The second kappa shape index (κ2) is 9.42. The topological polar surface area (TPSA) is 18.5 Å². The Kier molecular flexibility index (Phi) is 7.88. The molecule has 0 N–H and O–H groups in total. The molecule has 0 radical (unpaired) electrons. The van der Waals surface area contributed by atoms with Crippen molar-refractivity contribution in [3.8, 4) is 0 Å². The van der Waals surface area contributed by atoms with Gasteiger partial charge in [0.1, 0.15) is 0 Å². The summed E-state index contributed by atoms with van der Waals surface area (Å²) >= 11 is 0. The van der Waals surface area contributed by atoms with Gasteiger partial charge in [0.25, 0.3) is 0 Å². The van der Waals surface area contributed by atoms with Gasteiger partial charge in [-0.15, -0.1) is 0 Å². The van der Waals surface area contributed by atoms with Crippen molar-refractivity contribution in [1.82, 2.24) is 0 Å². The Morgan fingerprint density at radius 1 is 0.696 bits per heavy atom. The van der Waals surface area contributed by atoms with Gasteiger partial charge in [0, 0.05) is 19.6 Å². The van der Waals surface area contributed by atoms with Gasteiger partial charge in [-0.1, -0.05) is 78.1 Å². The number of methoxy groups -OCH3 is 2. The molecule has 2 heteroatoms. The molecule has 2 unspecified atom stereocenters. The lowest BCUT2D eigenvalue weighted by atomic mass is 9.57. The van der Waals surface area contributed by atoms with Gasteiger partial charge >= 0.3 is 0 Å². The highest BCUT2D eigenvalue weighted by Gasteiger charge is 2.47. The Morgan fingerprint density at radius 3 is 1.35 bits per heavy atom. The molecule has 0 spiro atoms. The predicted octanol–water partition coefficient (Wildman–Crippen LogP) is 5.70. The third-order valence-corrected chi connectivity index (χ3v) is 7.35. The second-order valence-corrected chi connectivity index (χ2v) is 8.47. The standard InChI is InChI=1S/C21H40O2/c1-17(19-11-7-5-8-12-19)21(15-22-3,16-23-4)18(2)20-13-9-6-10-14-20/h17-20H,5-16H2,1-4H3. The van der Waals surface area contributed by atoms with Crippen LogP contribution < -0.4 is 0 Å². The maximum absolute atomic E-state index is 5.80. The van der Waals surface area contributed by atoms with Crippen LogP contribution in [0.25, 0.3) is 0 Å². The van der Waals surface area contributed by atoms with E-state index in [-0.39, 0.29) is 5.41 Å². The van der Waals surface area contributed by atoms with Crippen molar-refractivity contribution in [1.29, 1.82) is 0 Å². The summed E-state index contributed by atoms with van der Waals surface area (Å²) in [6, 6.07) is 0. The molecule has 0 aromatic carbocycles. The Balaban J connectivity index is 2.20. The smallest absolute Gasteiger partial charge is 0.0546 e. The van der Waals surface area contributed by atoms with E-state index in [9.17, 15) is 0 Å². The lowest BCUT2D eigenvalue weighted by molar-refractivity contribution is -0.0991. The first kappa shape index (κ1) is 19.2. The van der Waals surface area contributed by atoms with Crippen molar-refractivity contribution < 1.29 is 9.47 Å². The summed E-state index contributed by atoms with van der Waals surface area (Å²) in [6.07, 6.45) is 14.2. The molecular formula is C21H40O2. The fourth-order valence-electron chi connectivity index (χ4n) is 5.73. The molecule has 2 aliphatic carbocycles. The van der Waals surface area contributed by atoms with E-state index in [1.54, 1.807) is 0 Å². The molecule has 2 rings (SSSR count). The van der Waals surface area contributed by atoms with Crippen LogP contribution >= 0.6 is 0 Å². The molecule has 2 atom stereocenters. The van der Waals surface area contributed by atoms with Gasteiger partial charge in [-0.2, -0.15) is 0 Å². The molecule has 2 aliphatic rings. The van der Waals surface area contributed by atoms with Gasteiger partial charge in [-0.25, -0.2) is 0 Å². The molecular weight excluding hydrogens is 284 g/mol. The van der Waals surface area contributed by atoms with E-state index in [0.717, 1.165) is 25.0 Å². The molecule has 136 valence electrons. The zero-order chi connectivity index (χ0) is 16.7. The molecule has 2 nitrogen and oxygen atoms in total. The SMILES string of the molecule is COCC(COC)(C(C)C1CCCCC1)C(C)C1CCCCC1. The maximum Gasteiger partial charge on any atom is 0.0546 e. The summed E-state index contributed by atoms with van der Waals surface area (Å²) in [5, 5.41) is 0. The van der Waals surface area contributed by atoms with Crippen molar-refractivity contribution in [2.24, 2.45) is 29.1 Å². The lowest BCUT2D eigenvalue weighted by Gasteiger charge is -2.50. The van der Waals surface area contributed by atoms with Gasteiger partial charge in [-0.05, 0) is 23.7 Å². The average Bonchev–Trinajstić information content (AvgIpc) is 2.61. The highest BCUT2D eigenvalue weighted by atomic mass is 16.5. The number of ether oxygens (including phenoxy) is 2. The van der Waals surface area contributed by atoms with Crippen LogP contribution in [0.3, 0.4) is 0 Å². The molecule has 0 heterocycles. The van der Waals surface area contributed by atoms with Crippen LogP contribution in [-0.4, -0.2) is 27.4 Å². The average molecular weight is 325 g/mol. The number of rotatable bonds is 8. The fraction of sp³-hybridized carbons (Fsp3) is 1.00. The molecule has 2 fully saturated rings. The molecule has 23 heavy (non-hydrogen) atoms. The minimum absolute atomic E-state index is 0.188. The largest absolute Gasteiger partial charge is 0.384 e. The molecule has 0 saturated heterocycles. The minimum atomic E-state index is 0.188. The highest BCUT2D eigenvalue weighted by molar-refractivity contribution is 4.95. The molecule has 0 amide bonds. The van der Waals surface area contributed by atoms with E-state index >= 15 is 0 Å². The van der Waals surface area contributed by atoms with Gasteiger partial charge < -0.3 is 9.47 Å². The summed E-state index contributed by atoms with van der Waals surface area (Å²) in [5.74, 6) is 3.11. The summed E-state index contributed by atoms with van der Waals surface area (Å²) in [7, 11) is 3.76. The Hall–Kier alpha value is -0.0800. The number of hydrogen-bond donors (Lipinski definition) is 0. The Morgan fingerprint density at radius 2 is 1.04 bits per heavy atom. The lowest BCUT2D eigenvalue weighted by Crippen LogP contribution is -2.49. The summed E-state index contributed by atoms with van der Waals surface area (Å²) < 4.78 is 11.6. The van der Waals surface area contributed by atoms with Crippen LogP contribution in [0.15, 0.2) is 0 Å². The third kappa shape index (κ3) is 4.51. The Labute approximate surface area is 144 Å². The van der Waals surface area contributed by atoms with E-state index in [0.29, 0.717) is 11.8 Å². The van der Waals surface area contributed by atoms with Crippen molar-refractivity contribution >= 4 is 0 Å². The number of hydrogen-bond acceptors (Lipinski definition) is 2. The fourth-order valence-corrected chi connectivity index (χ4v) is 5.73. The zero-order valence-electron chi connectivity index (χ0n) is 16.1. The molecule has 0 bridgehead atoms. The van der Waals surface area contributed by atoms with E-state index in [4.69, 9.17) is 9.47 Å². The van der Waals surface area contributed by atoms with Crippen LogP contribution in [0, 0.1) is 29.1 Å². The van der Waals surface area contributed by atoms with Crippen molar-refractivity contribution in [2.75, 3.05) is 27.4 Å². The van der Waals surface area contributed by atoms with Gasteiger partial charge in [0.15, 0.2) is 0 Å².